The first kappa shape index (κ1) is 26.5. The van der Waals surface area contributed by atoms with E-state index in [-0.39, 0.29) is 18.3 Å². The van der Waals surface area contributed by atoms with Gasteiger partial charge in [0.1, 0.15) is 12.2 Å². The summed E-state index contributed by atoms with van der Waals surface area (Å²) in [6.45, 7) is -1.94. The van der Waals surface area contributed by atoms with Gasteiger partial charge in [0, 0.05) is 23.7 Å². The molecule has 40 heavy (non-hydrogen) atoms. The number of hydrogen-bond donors (Lipinski definition) is 1. The Bertz CT molecular complexity index is 1250. The number of carbonyl (C=O) groups excluding carboxylic acids is 4. The molecule has 8 aliphatic rings. The quantitative estimate of drug-likeness (QED) is 0.256. The van der Waals surface area contributed by atoms with Crippen LogP contribution in [-0.4, -0.2) is 72.8 Å². The summed E-state index contributed by atoms with van der Waals surface area (Å²) >= 11 is 0. The molecule has 8 fully saturated rings. The minimum absolute atomic E-state index is 0.0918. The maximum Gasteiger partial charge on any atom is 0.402 e. The summed E-state index contributed by atoms with van der Waals surface area (Å²) < 4.78 is 85.0. The molecule has 15 heteroatoms. The lowest BCUT2D eigenvalue weighted by Gasteiger charge is -2.57. The van der Waals surface area contributed by atoms with Crippen molar-refractivity contribution in [2.24, 2.45) is 47.3 Å². The molecule has 1 N–H and O–H groups in total. The van der Waals surface area contributed by atoms with E-state index in [9.17, 15) is 36.4 Å². The summed E-state index contributed by atoms with van der Waals surface area (Å²) in [6, 6.07) is 0. The zero-order chi connectivity index (χ0) is 28.4. The van der Waals surface area contributed by atoms with Crippen LogP contribution < -0.4 is 0 Å². The molecule has 8 rings (SSSR count). The summed E-state index contributed by atoms with van der Waals surface area (Å²) in [6.07, 6.45) is 1.55. The van der Waals surface area contributed by atoms with Crippen molar-refractivity contribution in [3.05, 3.63) is 0 Å². The van der Waals surface area contributed by atoms with Gasteiger partial charge < -0.3 is 23.7 Å². The fourth-order valence-corrected chi connectivity index (χ4v) is 9.20. The highest BCUT2D eigenvalue weighted by Crippen LogP contribution is 2.62. The van der Waals surface area contributed by atoms with Gasteiger partial charge in [-0.25, -0.2) is 4.79 Å². The lowest BCUT2D eigenvalue weighted by molar-refractivity contribution is -0.290. The molecule has 12 nitrogen and oxygen atoms in total. The maximum atomic E-state index is 13.6. The highest BCUT2D eigenvalue weighted by atomic mass is 32.2. The summed E-state index contributed by atoms with van der Waals surface area (Å²) in [5.74, 6) is -6.81. The third-order valence-corrected chi connectivity index (χ3v) is 11.2. The molecule has 2 heterocycles. The minimum Gasteiger partial charge on any atom is -0.458 e. The molecular weight excluding hydrogens is 562 g/mol. The van der Waals surface area contributed by atoms with Gasteiger partial charge in [0.25, 0.3) is 0 Å². The molecular formula is C25H28F2O12S. The van der Waals surface area contributed by atoms with Crippen molar-refractivity contribution in [2.45, 2.75) is 74.3 Å². The summed E-state index contributed by atoms with van der Waals surface area (Å²) in [7, 11) is -5.83. The zero-order valence-electron chi connectivity index (χ0n) is 21.1. The van der Waals surface area contributed by atoms with Crippen molar-refractivity contribution >= 4 is 34.0 Å². The highest BCUT2D eigenvalue weighted by Gasteiger charge is 2.71. The van der Waals surface area contributed by atoms with Gasteiger partial charge >= 0.3 is 39.2 Å². The van der Waals surface area contributed by atoms with Crippen molar-refractivity contribution in [2.75, 3.05) is 6.61 Å². The fraction of sp³-hybridized carbons (Fsp3) is 0.840. The van der Waals surface area contributed by atoms with Gasteiger partial charge in [0.2, 0.25) is 5.79 Å². The van der Waals surface area contributed by atoms with Crippen LogP contribution in [0.4, 0.5) is 8.78 Å². The Balaban J connectivity index is 1.02. The number of fused-ring (bicyclic) bond motifs is 1. The number of ether oxygens (including phenoxy) is 5. The van der Waals surface area contributed by atoms with Crippen LogP contribution in [0.1, 0.15) is 44.9 Å². The molecule has 7 atom stereocenters. The van der Waals surface area contributed by atoms with Crippen LogP contribution in [0.2, 0.25) is 0 Å². The van der Waals surface area contributed by atoms with Crippen molar-refractivity contribution < 1.29 is 64.6 Å². The Morgan fingerprint density at radius 3 is 2.27 bits per heavy atom. The molecule has 2 saturated heterocycles. The lowest BCUT2D eigenvalue weighted by atomic mass is 9.53. The molecule has 6 saturated carbocycles. The van der Waals surface area contributed by atoms with Gasteiger partial charge in [0.15, 0.2) is 12.7 Å². The second kappa shape index (κ2) is 8.57. The van der Waals surface area contributed by atoms with Crippen LogP contribution in [0, 0.1) is 47.3 Å². The number of carbonyl (C=O) groups is 4. The van der Waals surface area contributed by atoms with Crippen molar-refractivity contribution in [3.8, 4) is 0 Å². The van der Waals surface area contributed by atoms with E-state index in [1.54, 1.807) is 0 Å². The molecule has 6 bridgehead atoms. The largest absolute Gasteiger partial charge is 0.458 e. The van der Waals surface area contributed by atoms with E-state index >= 15 is 0 Å². The average molecular weight is 591 g/mol. The molecule has 220 valence electrons. The standard InChI is InChI=1S/C25H28F2O12S/c26-24(27,40(32,33)34)8-35-22(30)17-13-6-14-18(17)23(31)37-20(14)19(13)36-16(28)7-15-21(29)39-25(38-15)11-2-9-1-10(4-11)5-12(25)3-9/h9-15,17-20H,1-8H2,(H,32,33,34). The molecule has 0 radical (unpaired) electrons. The van der Waals surface area contributed by atoms with Crippen LogP contribution in [0.3, 0.4) is 0 Å². The monoisotopic (exact) mass is 590 g/mol. The SMILES string of the molecule is O=C(CC1OC2(OC1=O)C1CC3CC(C1)CC2C3)OC1C2CC3C1OC(=O)C3C2C(=O)OCC(F)(F)S(=O)(=O)O. The van der Waals surface area contributed by atoms with Crippen LogP contribution in [0.25, 0.3) is 0 Å². The first-order valence-electron chi connectivity index (χ1n) is 13.6. The van der Waals surface area contributed by atoms with Crippen LogP contribution in [0.5, 0.6) is 0 Å². The van der Waals surface area contributed by atoms with Crippen LogP contribution in [0.15, 0.2) is 0 Å². The second-order valence-corrected chi connectivity index (χ2v) is 14.0. The van der Waals surface area contributed by atoms with Gasteiger partial charge in [0.05, 0.1) is 18.3 Å². The Morgan fingerprint density at radius 2 is 1.65 bits per heavy atom. The van der Waals surface area contributed by atoms with E-state index < -0.39 is 100 Å². The number of halogens is 2. The van der Waals surface area contributed by atoms with Crippen LogP contribution >= 0.6 is 0 Å². The smallest absolute Gasteiger partial charge is 0.402 e. The lowest BCUT2D eigenvalue weighted by Crippen LogP contribution is -2.58. The Kier molecular flexibility index (Phi) is 5.68. The summed E-state index contributed by atoms with van der Waals surface area (Å²) in [5, 5.41) is -4.74. The van der Waals surface area contributed by atoms with Crippen LogP contribution in [-0.2, 0) is 53.0 Å². The van der Waals surface area contributed by atoms with E-state index in [1.165, 1.54) is 6.42 Å². The molecule has 0 amide bonds. The van der Waals surface area contributed by atoms with Gasteiger partial charge in [-0.15, -0.1) is 0 Å². The fourth-order valence-electron chi connectivity index (χ4n) is 8.99. The topological polar surface area (TPSA) is 169 Å². The van der Waals surface area contributed by atoms with E-state index in [0.29, 0.717) is 11.8 Å². The molecule has 0 aromatic carbocycles. The van der Waals surface area contributed by atoms with Gasteiger partial charge in [-0.05, 0) is 50.4 Å². The molecule has 7 unspecified atom stereocenters. The average Bonchev–Trinajstić information content (AvgIpc) is 3.56. The molecule has 6 aliphatic carbocycles. The number of hydrogen-bond acceptors (Lipinski definition) is 11. The summed E-state index contributed by atoms with van der Waals surface area (Å²) in [4.78, 5) is 51.0. The zero-order valence-corrected chi connectivity index (χ0v) is 21.9. The predicted molar refractivity (Wildman–Crippen MR) is 121 cm³/mol. The molecule has 2 aliphatic heterocycles. The van der Waals surface area contributed by atoms with E-state index in [1.807, 2.05) is 0 Å². The van der Waals surface area contributed by atoms with E-state index in [4.69, 9.17) is 23.5 Å². The molecule has 1 spiro atoms. The Labute approximate surface area is 227 Å². The predicted octanol–water partition coefficient (Wildman–Crippen LogP) is 1.21. The molecule has 0 aromatic rings. The first-order chi connectivity index (χ1) is 18.8. The van der Waals surface area contributed by atoms with E-state index in [2.05, 4.69) is 4.74 Å². The van der Waals surface area contributed by atoms with Crippen molar-refractivity contribution in [1.29, 1.82) is 0 Å². The number of rotatable bonds is 7. The van der Waals surface area contributed by atoms with E-state index in [0.717, 1.165) is 25.7 Å². The van der Waals surface area contributed by atoms with Crippen molar-refractivity contribution in [1.82, 2.24) is 0 Å². The second-order valence-electron chi connectivity index (χ2n) is 12.4. The van der Waals surface area contributed by atoms with Gasteiger partial charge in [-0.2, -0.15) is 17.2 Å². The highest BCUT2D eigenvalue weighted by molar-refractivity contribution is 7.86. The van der Waals surface area contributed by atoms with Gasteiger partial charge in [-0.3, -0.25) is 18.9 Å². The van der Waals surface area contributed by atoms with Crippen molar-refractivity contribution in [3.63, 3.8) is 0 Å². The molecule has 0 aromatic heterocycles. The third-order valence-electron chi connectivity index (χ3n) is 10.3. The number of alkyl halides is 2. The third kappa shape index (κ3) is 3.75. The number of esters is 4. The maximum absolute atomic E-state index is 13.6. The normalized spacial score (nSPS) is 46.1. The minimum atomic E-state index is -5.83. The van der Waals surface area contributed by atoms with Gasteiger partial charge in [-0.1, -0.05) is 0 Å². The Hall–Kier alpha value is -2.39. The summed E-state index contributed by atoms with van der Waals surface area (Å²) in [5.41, 5.74) is 0. The first-order valence-corrected chi connectivity index (χ1v) is 15.0. The Morgan fingerprint density at radius 1 is 1.00 bits per heavy atom.